The van der Waals surface area contributed by atoms with Gasteiger partial charge in [-0.1, -0.05) is 6.92 Å². The highest BCUT2D eigenvalue weighted by Gasteiger charge is 2.24. The maximum absolute atomic E-state index is 12.1. The highest BCUT2D eigenvalue weighted by Crippen LogP contribution is 2.18. The average molecular weight is 266 g/mol. The number of rotatable bonds is 4. The van der Waals surface area contributed by atoms with E-state index in [-0.39, 0.29) is 11.8 Å². The topological polar surface area (TPSA) is 41.1 Å². The summed E-state index contributed by atoms with van der Waals surface area (Å²) in [4.78, 5) is 14.7. The number of nitrogens with one attached hydrogen (secondary N) is 2. The van der Waals surface area contributed by atoms with Crippen molar-refractivity contribution in [1.82, 2.24) is 10.6 Å². The Hall–Kier alpha value is -0.870. The van der Waals surface area contributed by atoms with E-state index >= 15 is 0 Å². The maximum Gasteiger partial charge on any atom is 0.223 e. The summed E-state index contributed by atoms with van der Waals surface area (Å²) in [5, 5.41) is 6.44. The van der Waals surface area contributed by atoms with E-state index in [0.717, 1.165) is 25.8 Å². The molecule has 1 aliphatic rings. The van der Waals surface area contributed by atoms with Gasteiger partial charge in [0.1, 0.15) is 0 Å². The molecule has 0 aliphatic carbocycles. The van der Waals surface area contributed by atoms with Gasteiger partial charge in [-0.3, -0.25) is 4.79 Å². The number of piperidine rings is 1. The predicted molar refractivity (Wildman–Crippen MR) is 75.7 cm³/mol. The first-order chi connectivity index (χ1) is 8.69. The molecule has 3 nitrogen and oxygen atoms in total. The van der Waals surface area contributed by atoms with Crippen LogP contribution in [-0.4, -0.2) is 18.5 Å². The molecule has 100 valence electrons. The number of thiophene rings is 1. The molecular weight excluding hydrogens is 244 g/mol. The zero-order chi connectivity index (χ0) is 13.0. The summed E-state index contributed by atoms with van der Waals surface area (Å²) >= 11 is 1.79. The zero-order valence-electron chi connectivity index (χ0n) is 11.2. The smallest absolute Gasteiger partial charge is 0.223 e. The number of hydrogen-bond donors (Lipinski definition) is 2. The number of carbonyl (C=O) groups excluding carboxylic acids is 1. The van der Waals surface area contributed by atoms with Gasteiger partial charge in [-0.15, -0.1) is 11.3 Å². The Morgan fingerprint density at radius 2 is 2.28 bits per heavy atom. The van der Waals surface area contributed by atoms with Crippen LogP contribution in [0.5, 0.6) is 0 Å². The minimum Gasteiger partial charge on any atom is -0.351 e. The molecule has 1 aromatic heterocycles. The van der Waals surface area contributed by atoms with Crippen molar-refractivity contribution in [1.29, 1.82) is 0 Å². The SMILES string of the molecule is CCc1ccc(CNC(=O)[C@H]2CCN[C@@H](C)C2)s1. The fourth-order valence-corrected chi connectivity index (χ4v) is 3.29. The van der Waals surface area contributed by atoms with Crippen LogP contribution >= 0.6 is 11.3 Å². The van der Waals surface area contributed by atoms with Gasteiger partial charge in [0.2, 0.25) is 5.91 Å². The highest BCUT2D eigenvalue weighted by atomic mass is 32.1. The molecule has 2 N–H and O–H groups in total. The molecule has 0 unspecified atom stereocenters. The van der Waals surface area contributed by atoms with E-state index in [9.17, 15) is 4.79 Å². The van der Waals surface area contributed by atoms with Crippen LogP contribution in [-0.2, 0) is 17.8 Å². The lowest BCUT2D eigenvalue weighted by molar-refractivity contribution is -0.126. The molecule has 0 radical (unpaired) electrons. The number of hydrogen-bond acceptors (Lipinski definition) is 3. The van der Waals surface area contributed by atoms with E-state index in [2.05, 4.69) is 36.6 Å². The summed E-state index contributed by atoms with van der Waals surface area (Å²) in [5.41, 5.74) is 0. The van der Waals surface area contributed by atoms with Crippen LogP contribution in [0.4, 0.5) is 0 Å². The normalized spacial score (nSPS) is 23.9. The Bertz CT molecular complexity index is 402. The molecule has 0 saturated carbocycles. The summed E-state index contributed by atoms with van der Waals surface area (Å²) < 4.78 is 0. The van der Waals surface area contributed by atoms with Gasteiger partial charge in [0.25, 0.3) is 0 Å². The van der Waals surface area contributed by atoms with Crippen LogP contribution in [0.2, 0.25) is 0 Å². The van der Waals surface area contributed by atoms with Crippen LogP contribution < -0.4 is 10.6 Å². The number of amides is 1. The third-order valence-corrected chi connectivity index (χ3v) is 4.73. The zero-order valence-corrected chi connectivity index (χ0v) is 12.0. The highest BCUT2D eigenvalue weighted by molar-refractivity contribution is 7.11. The first-order valence-electron chi connectivity index (χ1n) is 6.77. The molecule has 0 bridgehead atoms. The Balaban J connectivity index is 1.80. The van der Waals surface area contributed by atoms with E-state index in [1.165, 1.54) is 9.75 Å². The molecule has 0 spiro atoms. The average Bonchev–Trinajstić information content (AvgIpc) is 2.84. The van der Waals surface area contributed by atoms with Crippen LogP contribution in [0.1, 0.15) is 36.4 Å². The van der Waals surface area contributed by atoms with Gasteiger partial charge in [-0.05, 0) is 44.9 Å². The van der Waals surface area contributed by atoms with E-state index in [1.807, 2.05) is 0 Å². The molecule has 1 aliphatic heterocycles. The van der Waals surface area contributed by atoms with Crippen LogP contribution in [0.25, 0.3) is 0 Å². The summed E-state index contributed by atoms with van der Waals surface area (Å²) in [7, 11) is 0. The van der Waals surface area contributed by atoms with Gasteiger partial charge in [0.05, 0.1) is 6.54 Å². The van der Waals surface area contributed by atoms with E-state index in [4.69, 9.17) is 0 Å². The van der Waals surface area contributed by atoms with E-state index in [0.29, 0.717) is 12.6 Å². The molecule has 4 heteroatoms. The molecule has 2 rings (SSSR count). The minimum absolute atomic E-state index is 0.187. The van der Waals surface area contributed by atoms with E-state index in [1.54, 1.807) is 11.3 Å². The summed E-state index contributed by atoms with van der Waals surface area (Å²) in [6.07, 6.45) is 2.99. The molecule has 1 aromatic rings. The third-order valence-electron chi connectivity index (χ3n) is 3.50. The van der Waals surface area contributed by atoms with Gasteiger partial charge in [0, 0.05) is 21.7 Å². The third kappa shape index (κ3) is 3.56. The molecule has 0 aromatic carbocycles. The van der Waals surface area contributed by atoms with Crippen LogP contribution in [0, 0.1) is 5.92 Å². The van der Waals surface area contributed by atoms with Crippen molar-refractivity contribution >= 4 is 17.2 Å². The summed E-state index contributed by atoms with van der Waals surface area (Å²) in [5.74, 6) is 0.404. The molecule has 18 heavy (non-hydrogen) atoms. The second-order valence-corrected chi connectivity index (χ2v) is 6.27. The molecule has 2 heterocycles. The van der Waals surface area contributed by atoms with Gasteiger partial charge in [-0.25, -0.2) is 0 Å². The lowest BCUT2D eigenvalue weighted by atomic mass is 9.92. The monoisotopic (exact) mass is 266 g/mol. The van der Waals surface area contributed by atoms with Gasteiger partial charge in [-0.2, -0.15) is 0 Å². The fraction of sp³-hybridized carbons (Fsp3) is 0.643. The number of aryl methyl sites for hydroxylation is 1. The fourth-order valence-electron chi connectivity index (χ4n) is 2.40. The molecule has 1 saturated heterocycles. The standard InChI is InChI=1S/C14H22N2OS/c1-3-12-4-5-13(18-12)9-16-14(17)11-6-7-15-10(2)8-11/h4-5,10-11,15H,3,6-9H2,1-2H3,(H,16,17)/t10-,11-/m0/s1. The summed E-state index contributed by atoms with van der Waals surface area (Å²) in [6.45, 7) is 5.94. The lowest BCUT2D eigenvalue weighted by Crippen LogP contribution is -2.42. The van der Waals surface area contributed by atoms with Gasteiger partial charge in [0.15, 0.2) is 0 Å². The maximum atomic E-state index is 12.1. The van der Waals surface area contributed by atoms with Crippen molar-refractivity contribution in [2.24, 2.45) is 5.92 Å². The molecule has 2 atom stereocenters. The molecular formula is C14H22N2OS. The predicted octanol–water partition coefficient (Wildman–Crippen LogP) is 2.31. The van der Waals surface area contributed by atoms with Crippen molar-refractivity contribution in [3.05, 3.63) is 21.9 Å². The van der Waals surface area contributed by atoms with Gasteiger partial charge < -0.3 is 10.6 Å². The molecule has 1 amide bonds. The van der Waals surface area contributed by atoms with Gasteiger partial charge >= 0.3 is 0 Å². The van der Waals surface area contributed by atoms with Crippen molar-refractivity contribution in [3.63, 3.8) is 0 Å². The van der Waals surface area contributed by atoms with Crippen molar-refractivity contribution < 1.29 is 4.79 Å². The Kier molecular flexibility index (Phi) is 4.78. The van der Waals surface area contributed by atoms with Crippen molar-refractivity contribution in [2.45, 2.75) is 45.7 Å². The quantitative estimate of drug-likeness (QED) is 0.878. The van der Waals surface area contributed by atoms with E-state index < -0.39 is 0 Å². The first kappa shape index (κ1) is 13.6. The second-order valence-electron chi connectivity index (χ2n) is 5.02. The minimum atomic E-state index is 0.187. The largest absolute Gasteiger partial charge is 0.351 e. The van der Waals surface area contributed by atoms with Crippen LogP contribution in [0.3, 0.4) is 0 Å². The van der Waals surface area contributed by atoms with Crippen LogP contribution in [0.15, 0.2) is 12.1 Å². The Morgan fingerprint density at radius 1 is 1.50 bits per heavy atom. The molecule has 1 fully saturated rings. The lowest BCUT2D eigenvalue weighted by Gasteiger charge is -2.27. The second kappa shape index (κ2) is 6.34. The number of carbonyl (C=O) groups is 1. The van der Waals surface area contributed by atoms with Crippen molar-refractivity contribution in [2.75, 3.05) is 6.54 Å². The van der Waals surface area contributed by atoms with Crippen molar-refractivity contribution in [3.8, 4) is 0 Å². The Morgan fingerprint density at radius 3 is 2.94 bits per heavy atom. The summed E-state index contributed by atoms with van der Waals surface area (Å²) in [6, 6.07) is 4.73. The Labute approximate surface area is 113 Å². The first-order valence-corrected chi connectivity index (χ1v) is 7.59.